The number of nitrogens with zero attached hydrogens (tertiary/aromatic N) is 3. The highest BCUT2D eigenvalue weighted by Crippen LogP contribution is 2.16. The van der Waals surface area contributed by atoms with Gasteiger partial charge in [0, 0.05) is 30.6 Å². The molecule has 2 aromatic rings. The number of hydrogen-bond acceptors (Lipinski definition) is 5. The number of nitrogens with one attached hydrogen (secondary N) is 3. The SMILES string of the molecule is CCNC(=NCC(=O)Nc1cccnc1)NCCc1nc(C)c(C)s1. The first-order chi connectivity index (χ1) is 12.1. The van der Waals surface area contributed by atoms with Gasteiger partial charge >= 0.3 is 0 Å². The number of carbonyl (C=O) groups is 1. The molecule has 0 bridgehead atoms. The molecule has 0 atom stereocenters. The van der Waals surface area contributed by atoms with Crippen molar-refractivity contribution in [3.8, 4) is 0 Å². The summed E-state index contributed by atoms with van der Waals surface area (Å²) in [6.07, 6.45) is 4.08. The lowest BCUT2D eigenvalue weighted by molar-refractivity contribution is -0.114. The molecule has 0 saturated heterocycles. The number of rotatable bonds is 7. The van der Waals surface area contributed by atoms with Crippen molar-refractivity contribution in [2.75, 3.05) is 25.0 Å². The van der Waals surface area contributed by atoms with E-state index >= 15 is 0 Å². The third-order valence-corrected chi connectivity index (χ3v) is 4.51. The van der Waals surface area contributed by atoms with Crippen molar-refractivity contribution in [1.29, 1.82) is 0 Å². The minimum absolute atomic E-state index is 0.0414. The molecular formula is C17H24N6OS. The number of guanidine groups is 1. The predicted molar refractivity (Wildman–Crippen MR) is 102 cm³/mol. The Bertz CT molecular complexity index is 694. The zero-order chi connectivity index (χ0) is 18.1. The molecule has 25 heavy (non-hydrogen) atoms. The maximum atomic E-state index is 11.9. The van der Waals surface area contributed by atoms with E-state index in [4.69, 9.17) is 0 Å². The summed E-state index contributed by atoms with van der Waals surface area (Å²) in [6.45, 7) is 7.57. The molecular weight excluding hydrogens is 336 g/mol. The first-order valence-electron chi connectivity index (χ1n) is 8.23. The van der Waals surface area contributed by atoms with Crippen molar-refractivity contribution in [2.24, 2.45) is 4.99 Å². The Morgan fingerprint density at radius 3 is 2.80 bits per heavy atom. The molecule has 0 aliphatic rings. The van der Waals surface area contributed by atoms with E-state index in [2.05, 4.69) is 37.8 Å². The molecule has 0 fully saturated rings. The highest BCUT2D eigenvalue weighted by Gasteiger charge is 2.05. The minimum Gasteiger partial charge on any atom is -0.357 e. The van der Waals surface area contributed by atoms with Crippen molar-refractivity contribution in [3.05, 3.63) is 40.1 Å². The number of thiazole rings is 1. The van der Waals surface area contributed by atoms with Crippen molar-refractivity contribution < 1.29 is 4.79 Å². The molecule has 0 aliphatic carbocycles. The predicted octanol–water partition coefficient (Wildman–Crippen LogP) is 1.89. The fourth-order valence-corrected chi connectivity index (χ4v) is 3.00. The molecule has 0 spiro atoms. The molecule has 1 amide bonds. The Morgan fingerprint density at radius 1 is 1.32 bits per heavy atom. The standard InChI is InChI=1S/C17H24N6OS/c1-4-19-17(20-9-7-16-22-12(2)13(3)25-16)21-11-15(24)23-14-6-5-8-18-10-14/h5-6,8,10H,4,7,9,11H2,1-3H3,(H,23,24)(H2,19,20,21). The van der Waals surface area contributed by atoms with Crippen molar-refractivity contribution in [2.45, 2.75) is 27.2 Å². The number of anilines is 1. The lowest BCUT2D eigenvalue weighted by Gasteiger charge is -2.10. The van der Waals surface area contributed by atoms with Gasteiger partial charge in [-0.05, 0) is 32.9 Å². The zero-order valence-electron chi connectivity index (χ0n) is 14.8. The summed E-state index contributed by atoms with van der Waals surface area (Å²) in [5.74, 6) is 0.435. The number of hydrogen-bond donors (Lipinski definition) is 3. The monoisotopic (exact) mass is 360 g/mol. The molecule has 0 radical (unpaired) electrons. The minimum atomic E-state index is -0.184. The Labute approximate surface area is 152 Å². The quantitative estimate of drug-likeness (QED) is 0.518. The molecule has 2 heterocycles. The molecule has 2 rings (SSSR count). The van der Waals surface area contributed by atoms with Crippen LogP contribution in [0.25, 0.3) is 0 Å². The average molecular weight is 360 g/mol. The normalized spacial score (nSPS) is 11.2. The summed E-state index contributed by atoms with van der Waals surface area (Å²) in [6, 6.07) is 3.56. The van der Waals surface area contributed by atoms with E-state index in [0.29, 0.717) is 18.2 Å². The van der Waals surface area contributed by atoms with Crippen LogP contribution in [-0.4, -0.2) is 41.5 Å². The van der Waals surface area contributed by atoms with Gasteiger partial charge in [-0.25, -0.2) is 9.98 Å². The van der Waals surface area contributed by atoms with Crippen LogP contribution in [0.4, 0.5) is 5.69 Å². The highest BCUT2D eigenvalue weighted by molar-refractivity contribution is 7.11. The summed E-state index contributed by atoms with van der Waals surface area (Å²) >= 11 is 1.72. The first kappa shape index (κ1) is 18.9. The zero-order valence-corrected chi connectivity index (χ0v) is 15.6. The van der Waals surface area contributed by atoms with Gasteiger partial charge in [-0.3, -0.25) is 9.78 Å². The van der Waals surface area contributed by atoms with E-state index in [-0.39, 0.29) is 12.5 Å². The Morgan fingerprint density at radius 2 is 2.16 bits per heavy atom. The summed E-state index contributed by atoms with van der Waals surface area (Å²) in [5, 5.41) is 10.2. The molecule has 134 valence electrons. The van der Waals surface area contributed by atoms with E-state index in [9.17, 15) is 4.79 Å². The van der Waals surface area contributed by atoms with Crippen LogP contribution >= 0.6 is 11.3 Å². The van der Waals surface area contributed by atoms with Crippen LogP contribution < -0.4 is 16.0 Å². The van der Waals surface area contributed by atoms with E-state index in [0.717, 1.165) is 23.7 Å². The Kier molecular flexibility index (Phi) is 7.34. The molecule has 0 aliphatic heterocycles. The number of amides is 1. The lowest BCUT2D eigenvalue weighted by atomic mass is 10.4. The van der Waals surface area contributed by atoms with Crippen molar-refractivity contribution in [3.63, 3.8) is 0 Å². The molecule has 8 heteroatoms. The van der Waals surface area contributed by atoms with Gasteiger partial charge < -0.3 is 16.0 Å². The largest absolute Gasteiger partial charge is 0.357 e. The highest BCUT2D eigenvalue weighted by atomic mass is 32.1. The third kappa shape index (κ3) is 6.50. The molecule has 3 N–H and O–H groups in total. The first-order valence-corrected chi connectivity index (χ1v) is 9.05. The smallest absolute Gasteiger partial charge is 0.246 e. The summed E-state index contributed by atoms with van der Waals surface area (Å²) in [5.41, 5.74) is 1.75. The van der Waals surface area contributed by atoms with Crippen LogP contribution in [0.3, 0.4) is 0 Å². The van der Waals surface area contributed by atoms with Crippen molar-refractivity contribution >= 4 is 28.9 Å². The van der Waals surface area contributed by atoms with E-state index in [1.807, 2.05) is 13.8 Å². The fraction of sp³-hybridized carbons (Fsp3) is 0.412. The number of aliphatic imine (C=N–C) groups is 1. The number of pyridine rings is 1. The summed E-state index contributed by atoms with van der Waals surface area (Å²) in [4.78, 5) is 26.0. The van der Waals surface area contributed by atoms with Crippen LogP contribution in [0.15, 0.2) is 29.5 Å². The average Bonchev–Trinajstić information content (AvgIpc) is 2.91. The van der Waals surface area contributed by atoms with Gasteiger partial charge in [0.15, 0.2) is 5.96 Å². The van der Waals surface area contributed by atoms with Gasteiger partial charge in [-0.1, -0.05) is 0 Å². The van der Waals surface area contributed by atoms with Crippen molar-refractivity contribution in [1.82, 2.24) is 20.6 Å². The molecule has 0 unspecified atom stereocenters. The summed E-state index contributed by atoms with van der Waals surface area (Å²) in [7, 11) is 0. The topological polar surface area (TPSA) is 91.3 Å². The van der Waals surface area contributed by atoms with Crippen LogP contribution in [0.1, 0.15) is 22.5 Å². The lowest BCUT2D eigenvalue weighted by Crippen LogP contribution is -2.39. The van der Waals surface area contributed by atoms with Gasteiger partial charge in [0.25, 0.3) is 0 Å². The summed E-state index contributed by atoms with van der Waals surface area (Å²) < 4.78 is 0. The van der Waals surface area contributed by atoms with Crippen LogP contribution in [0, 0.1) is 13.8 Å². The second kappa shape index (κ2) is 9.73. The van der Waals surface area contributed by atoms with E-state index < -0.39 is 0 Å². The number of aromatic nitrogens is 2. The van der Waals surface area contributed by atoms with Gasteiger partial charge in [-0.2, -0.15) is 0 Å². The fourth-order valence-electron chi connectivity index (χ4n) is 2.06. The Hall–Kier alpha value is -2.48. The van der Waals surface area contributed by atoms with Gasteiger partial charge in [-0.15, -0.1) is 11.3 Å². The number of carbonyl (C=O) groups excluding carboxylic acids is 1. The molecule has 7 nitrogen and oxygen atoms in total. The van der Waals surface area contributed by atoms with Crippen LogP contribution in [0.2, 0.25) is 0 Å². The van der Waals surface area contributed by atoms with Gasteiger partial charge in [0.05, 0.1) is 22.6 Å². The Balaban J connectivity index is 1.81. The maximum absolute atomic E-state index is 11.9. The molecule has 2 aromatic heterocycles. The second-order valence-corrected chi connectivity index (χ2v) is 6.70. The van der Waals surface area contributed by atoms with Gasteiger partial charge in [0.1, 0.15) is 6.54 Å². The van der Waals surface area contributed by atoms with Gasteiger partial charge in [0.2, 0.25) is 5.91 Å². The van der Waals surface area contributed by atoms with E-state index in [1.165, 1.54) is 4.88 Å². The maximum Gasteiger partial charge on any atom is 0.246 e. The number of aryl methyl sites for hydroxylation is 2. The molecule has 0 aromatic carbocycles. The van der Waals surface area contributed by atoms with Crippen LogP contribution in [-0.2, 0) is 11.2 Å². The van der Waals surface area contributed by atoms with E-state index in [1.54, 1.807) is 35.9 Å². The third-order valence-electron chi connectivity index (χ3n) is 3.37. The van der Waals surface area contributed by atoms with Crippen LogP contribution in [0.5, 0.6) is 0 Å². The second-order valence-electron chi connectivity index (χ2n) is 5.41. The molecule has 0 saturated carbocycles.